The van der Waals surface area contributed by atoms with Gasteiger partial charge in [0.2, 0.25) is 5.76 Å². The van der Waals surface area contributed by atoms with E-state index in [1.807, 2.05) is 31.2 Å². The van der Waals surface area contributed by atoms with Crippen LogP contribution < -0.4 is 5.73 Å². The minimum absolute atomic E-state index is 0.354. The number of aromatic nitrogens is 1. The Bertz CT molecular complexity index is 652. The van der Waals surface area contributed by atoms with Crippen LogP contribution in [0.1, 0.15) is 5.56 Å². The largest absolute Gasteiger partial charge is 0.453 e. The highest BCUT2D eigenvalue weighted by Crippen LogP contribution is 2.30. The molecule has 0 aliphatic carbocycles. The maximum atomic E-state index is 5.66. The number of nitrogens with two attached hydrogens (primary N) is 1. The maximum Gasteiger partial charge on any atom is 0.204 e. The summed E-state index contributed by atoms with van der Waals surface area (Å²) >= 11 is 0. The molecule has 0 aliphatic heterocycles. The SMILES string of the molecule is Cc1cccc2oc(-c3cc(N)no3)cc12. The molecule has 0 unspecified atom stereocenters. The molecule has 0 atom stereocenters. The smallest absolute Gasteiger partial charge is 0.204 e. The van der Waals surface area contributed by atoms with Gasteiger partial charge in [0.1, 0.15) is 5.58 Å². The van der Waals surface area contributed by atoms with Crippen LogP contribution in [-0.2, 0) is 0 Å². The highest BCUT2D eigenvalue weighted by atomic mass is 16.5. The van der Waals surface area contributed by atoms with Crippen molar-refractivity contribution < 1.29 is 8.94 Å². The number of hydrogen-bond acceptors (Lipinski definition) is 4. The lowest BCUT2D eigenvalue weighted by atomic mass is 10.1. The van der Waals surface area contributed by atoms with Gasteiger partial charge in [-0.15, -0.1) is 0 Å². The lowest BCUT2D eigenvalue weighted by molar-refractivity contribution is 0.424. The van der Waals surface area contributed by atoms with Crippen LogP contribution in [0.15, 0.2) is 39.3 Å². The molecule has 0 spiro atoms. The number of fused-ring (bicyclic) bond motifs is 1. The quantitative estimate of drug-likeness (QED) is 0.676. The molecule has 4 nitrogen and oxygen atoms in total. The van der Waals surface area contributed by atoms with Crippen LogP contribution in [0.3, 0.4) is 0 Å². The third-order valence-corrected chi connectivity index (χ3v) is 2.55. The lowest BCUT2D eigenvalue weighted by Crippen LogP contribution is -1.79. The summed E-state index contributed by atoms with van der Waals surface area (Å²) in [5.41, 5.74) is 7.50. The molecule has 3 aromatic rings. The van der Waals surface area contributed by atoms with E-state index in [4.69, 9.17) is 14.7 Å². The fourth-order valence-corrected chi connectivity index (χ4v) is 1.73. The summed E-state index contributed by atoms with van der Waals surface area (Å²) in [7, 11) is 0. The Morgan fingerprint density at radius 1 is 1.19 bits per heavy atom. The van der Waals surface area contributed by atoms with Crippen LogP contribution in [0.4, 0.5) is 5.82 Å². The Kier molecular flexibility index (Phi) is 1.77. The fourth-order valence-electron chi connectivity index (χ4n) is 1.73. The third kappa shape index (κ3) is 1.27. The molecule has 0 bridgehead atoms. The number of nitrogen functional groups attached to an aromatic ring is 1. The number of rotatable bonds is 1. The zero-order valence-electron chi connectivity index (χ0n) is 8.73. The van der Waals surface area contributed by atoms with Crippen molar-refractivity contribution in [3.05, 3.63) is 35.9 Å². The molecule has 2 aromatic heterocycles. The molecule has 3 rings (SSSR count). The van der Waals surface area contributed by atoms with Crippen LogP contribution in [0.2, 0.25) is 0 Å². The summed E-state index contributed by atoms with van der Waals surface area (Å²) in [6.07, 6.45) is 0. The summed E-state index contributed by atoms with van der Waals surface area (Å²) in [4.78, 5) is 0. The van der Waals surface area contributed by atoms with Crippen molar-refractivity contribution in [2.45, 2.75) is 6.92 Å². The van der Waals surface area contributed by atoms with Gasteiger partial charge in [-0.05, 0) is 24.6 Å². The van der Waals surface area contributed by atoms with E-state index >= 15 is 0 Å². The second-order valence-electron chi connectivity index (χ2n) is 3.71. The van der Waals surface area contributed by atoms with Gasteiger partial charge in [-0.1, -0.05) is 17.3 Å². The Morgan fingerprint density at radius 2 is 2.06 bits per heavy atom. The van der Waals surface area contributed by atoms with Crippen molar-refractivity contribution in [3.63, 3.8) is 0 Å². The first-order valence-electron chi connectivity index (χ1n) is 4.96. The Morgan fingerprint density at radius 3 is 2.75 bits per heavy atom. The highest BCUT2D eigenvalue weighted by Gasteiger charge is 2.11. The predicted octanol–water partition coefficient (Wildman–Crippen LogP) is 2.98. The molecule has 0 fully saturated rings. The summed E-state index contributed by atoms with van der Waals surface area (Å²) in [6.45, 7) is 2.04. The van der Waals surface area contributed by atoms with Gasteiger partial charge in [0.05, 0.1) is 0 Å². The van der Waals surface area contributed by atoms with Crippen LogP contribution in [0, 0.1) is 6.92 Å². The second-order valence-corrected chi connectivity index (χ2v) is 3.71. The first-order chi connectivity index (χ1) is 7.74. The molecule has 0 radical (unpaired) electrons. The molecule has 4 heteroatoms. The van der Waals surface area contributed by atoms with Crippen LogP contribution >= 0.6 is 0 Å². The molecule has 80 valence electrons. The highest BCUT2D eigenvalue weighted by molar-refractivity contribution is 5.85. The van der Waals surface area contributed by atoms with Crippen LogP contribution in [0.25, 0.3) is 22.5 Å². The molecule has 1 aromatic carbocycles. The molecule has 2 heterocycles. The van der Waals surface area contributed by atoms with E-state index in [1.54, 1.807) is 6.07 Å². The number of nitrogens with zero attached hydrogens (tertiary/aromatic N) is 1. The molecular weight excluding hydrogens is 204 g/mol. The number of benzene rings is 1. The Hall–Kier alpha value is -2.23. The van der Waals surface area contributed by atoms with E-state index in [0.29, 0.717) is 17.3 Å². The van der Waals surface area contributed by atoms with Crippen LogP contribution in [0.5, 0.6) is 0 Å². The maximum absolute atomic E-state index is 5.66. The standard InChI is InChI=1S/C12H10N2O2/c1-7-3-2-4-9-8(7)5-10(15-9)11-6-12(13)14-16-11/h2-6H,1H3,(H2,13,14). The number of anilines is 1. The molecular formula is C12H10N2O2. The number of furan rings is 1. The van der Waals surface area contributed by atoms with Gasteiger partial charge in [-0.3, -0.25) is 0 Å². The van der Waals surface area contributed by atoms with E-state index < -0.39 is 0 Å². The Balaban J connectivity index is 2.22. The van der Waals surface area contributed by atoms with Crippen molar-refractivity contribution in [2.75, 3.05) is 5.73 Å². The average molecular weight is 214 g/mol. The molecule has 2 N–H and O–H groups in total. The van der Waals surface area contributed by atoms with Crippen molar-refractivity contribution in [2.24, 2.45) is 0 Å². The number of aryl methyl sites for hydroxylation is 1. The Labute approximate surface area is 91.6 Å². The van der Waals surface area contributed by atoms with Gasteiger partial charge in [-0.2, -0.15) is 0 Å². The van der Waals surface area contributed by atoms with Gasteiger partial charge in [0.15, 0.2) is 11.6 Å². The van der Waals surface area contributed by atoms with Crippen molar-refractivity contribution >= 4 is 16.8 Å². The third-order valence-electron chi connectivity index (χ3n) is 2.55. The monoisotopic (exact) mass is 214 g/mol. The summed E-state index contributed by atoms with van der Waals surface area (Å²) in [6, 6.07) is 9.50. The normalized spacial score (nSPS) is 11.1. The van der Waals surface area contributed by atoms with Crippen molar-refractivity contribution in [1.29, 1.82) is 0 Å². The van der Waals surface area contributed by atoms with Crippen LogP contribution in [-0.4, -0.2) is 5.16 Å². The zero-order valence-corrected chi connectivity index (χ0v) is 8.73. The predicted molar refractivity (Wildman–Crippen MR) is 60.9 cm³/mol. The summed E-state index contributed by atoms with van der Waals surface area (Å²) < 4.78 is 10.7. The molecule has 0 amide bonds. The average Bonchev–Trinajstić information content (AvgIpc) is 2.84. The molecule has 16 heavy (non-hydrogen) atoms. The molecule has 0 saturated heterocycles. The van der Waals surface area contributed by atoms with Gasteiger partial charge in [0.25, 0.3) is 0 Å². The minimum atomic E-state index is 0.354. The topological polar surface area (TPSA) is 65.2 Å². The number of hydrogen-bond donors (Lipinski definition) is 1. The van der Waals surface area contributed by atoms with E-state index in [0.717, 1.165) is 11.0 Å². The lowest BCUT2D eigenvalue weighted by Gasteiger charge is -1.90. The van der Waals surface area contributed by atoms with E-state index in [2.05, 4.69) is 5.16 Å². The van der Waals surface area contributed by atoms with E-state index in [1.165, 1.54) is 5.56 Å². The minimum Gasteiger partial charge on any atom is -0.453 e. The van der Waals surface area contributed by atoms with Gasteiger partial charge in [0, 0.05) is 11.5 Å². The summed E-state index contributed by atoms with van der Waals surface area (Å²) in [5, 5.41) is 4.70. The van der Waals surface area contributed by atoms with Gasteiger partial charge >= 0.3 is 0 Å². The molecule has 0 aliphatic rings. The van der Waals surface area contributed by atoms with Crippen molar-refractivity contribution in [1.82, 2.24) is 5.16 Å². The summed E-state index contributed by atoms with van der Waals surface area (Å²) in [5.74, 6) is 1.55. The fraction of sp³-hybridized carbons (Fsp3) is 0.0833. The first kappa shape index (κ1) is 9.03. The van der Waals surface area contributed by atoms with Gasteiger partial charge < -0.3 is 14.7 Å². The zero-order chi connectivity index (χ0) is 11.1. The van der Waals surface area contributed by atoms with Gasteiger partial charge in [-0.25, -0.2) is 0 Å². The van der Waals surface area contributed by atoms with E-state index in [9.17, 15) is 0 Å². The first-order valence-corrected chi connectivity index (χ1v) is 4.96. The van der Waals surface area contributed by atoms with E-state index in [-0.39, 0.29) is 0 Å². The van der Waals surface area contributed by atoms with Crippen molar-refractivity contribution in [3.8, 4) is 11.5 Å². The second kappa shape index (κ2) is 3.13. The molecule has 0 saturated carbocycles.